The molecule has 70 heavy (non-hydrogen) atoms. The molecule has 2 N–H and O–H groups in total. The van der Waals surface area contributed by atoms with Crippen molar-refractivity contribution in [3.05, 3.63) is 163 Å². The number of nitrogens with one attached hydrogen (secondary N) is 2. The van der Waals surface area contributed by atoms with Gasteiger partial charge in [0.05, 0.1) is 22.8 Å². The van der Waals surface area contributed by atoms with Crippen LogP contribution in [0.15, 0.2) is 109 Å². The summed E-state index contributed by atoms with van der Waals surface area (Å²) in [6, 6.07) is 39.7. The van der Waals surface area contributed by atoms with Crippen molar-refractivity contribution in [2.75, 3.05) is 0 Å². The molecule has 5 heterocycles. The summed E-state index contributed by atoms with van der Waals surface area (Å²) in [4.78, 5) is 19.0. The van der Waals surface area contributed by atoms with Crippen LogP contribution in [0.25, 0.3) is 90.9 Å². The minimum absolute atomic E-state index is 0.564. The Balaban J connectivity index is 1.37. The van der Waals surface area contributed by atoms with Crippen LogP contribution in [0.4, 0.5) is 0 Å². The second-order valence-electron chi connectivity index (χ2n) is 21.1. The van der Waals surface area contributed by atoms with Crippen LogP contribution >= 0.6 is 22.6 Å². The van der Waals surface area contributed by atoms with Crippen LogP contribution < -0.4 is 0 Å². The number of H-pyrrole nitrogens is 2. The van der Waals surface area contributed by atoms with Crippen molar-refractivity contribution in [3.8, 4) is 67.4 Å². The maximum absolute atomic E-state index is 5.58. The third kappa shape index (κ3) is 9.65. The number of nitrogens with zero attached hydrogens (tertiary/aromatic N) is 2. The summed E-state index contributed by atoms with van der Waals surface area (Å²) in [6.45, 7) is 27.7. The van der Waals surface area contributed by atoms with Crippen molar-refractivity contribution in [2.45, 2.75) is 98.6 Å². The van der Waals surface area contributed by atoms with Gasteiger partial charge in [-0.2, -0.15) is 0 Å². The largest absolute Gasteiger partial charge is 0.354 e. The normalized spacial score (nSPS) is 12.4. The third-order valence-electron chi connectivity index (χ3n) is 14.0. The van der Waals surface area contributed by atoms with Crippen molar-refractivity contribution in [3.63, 3.8) is 0 Å². The van der Waals surface area contributed by atoms with Gasteiger partial charge in [0.15, 0.2) is 0 Å². The molecule has 0 saturated carbocycles. The predicted octanol–water partition coefficient (Wildman–Crippen LogP) is 17.7. The molecule has 8 bridgehead atoms. The highest BCUT2D eigenvalue weighted by Crippen LogP contribution is 2.42. The lowest BCUT2D eigenvalue weighted by molar-refractivity contribution is 0.838. The fourth-order valence-electron chi connectivity index (χ4n) is 10.9. The average molecular weight is 1060 g/mol. The average Bonchev–Trinajstić information content (AvgIpc) is 4.16. The number of hydrogen-bond acceptors (Lipinski definition) is 2. The van der Waals surface area contributed by atoms with E-state index in [-0.39, 0.29) is 0 Å². The van der Waals surface area contributed by atoms with E-state index in [2.05, 4.69) is 271 Å². The molecule has 0 atom stereocenters. The molecule has 9 rings (SSSR count). The van der Waals surface area contributed by atoms with Gasteiger partial charge >= 0.3 is 0 Å². The summed E-state index contributed by atoms with van der Waals surface area (Å²) in [5.41, 5.74) is 30.9. The van der Waals surface area contributed by atoms with Gasteiger partial charge in [-0.1, -0.05) is 127 Å². The Bertz CT molecular complexity index is 3490. The van der Waals surface area contributed by atoms with Crippen molar-refractivity contribution >= 4 is 85.1 Å². The van der Waals surface area contributed by atoms with E-state index in [1.165, 1.54) is 20.3 Å². The molecule has 350 valence electrons. The molecule has 2 aliphatic heterocycles. The lowest BCUT2D eigenvalue weighted by Gasteiger charge is -2.38. The van der Waals surface area contributed by atoms with Crippen LogP contribution in [0.1, 0.15) is 92.1 Å². The summed E-state index contributed by atoms with van der Waals surface area (Å²) in [5.74, 6) is 7.15. The van der Waals surface area contributed by atoms with Crippen LogP contribution in [-0.2, 0) is 0 Å². The smallest absolute Gasteiger partial charge is 0.146 e. The second kappa shape index (κ2) is 19.5. The molecule has 2 aliphatic rings. The molecule has 4 nitrogen and oxygen atoms in total. The lowest BCUT2D eigenvalue weighted by atomic mass is 9.92. The molecule has 0 aliphatic carbocycles. The summed E-state index contributed by atoms with van der Waals surface area (Å²) in [7, 11) is -3.48. The predicted molar refractivity (Wildman–Crippen MR) is 316 cm³/mol. The zero-order chi connectivity index (χ0) is 49.6. The standard InChI is InChI=1S/C63H63IN4Si2/c1-39(2)70(40(3)4,41(5)6)36-34-46-15-19-48(20-16-46)60-51-25-26-53(65-51)61(47-17-13-45(14-18-47)33-35-69(10,11)12)55-29-31-57(67-55)63(59-43(8)37-42(7)38-44(59)9)58-32-30-56(68-58)62(54-28-27-52(60)66-54)49-21-23-50(64)24-22-49/h13-32,37-41,65-66H,1-12H3. The van der Waals surface area contributed by atoms with Crippen LogP contribution in [0, 0.1) is 47.3 Å². The van der Waals surface area contributed by atoms with Crippen LogP contribution in [0.5, 0.6) is 0 Å². The second-order valence-corrected chi connectivity index (χ2v) is 32.7. The first-order valence-corrected chi connectivity index (χ1v) is 31.5. The van der Waals surface area contributed by atoms with Gasteiger partial charge in [0.25, 0.3) is 0 Å². The van der Waals surface area contributed by atoms with Crippen molar-refractivity contribution in [1.29, 1.82) is 0 Å². The van der Waals surface area contributed by atoms with Crippen LogP contribution in [-0.4, -0.2) is 36.1 Å². The number of halogens is 1. The molecule has 3 aromatic heterocycles. The maximum atomic E-state index is 5.58. The van der Waals surface area contributed by atoms with Gasteiger partial charge in [-0.25, -0.2) is 9.97 Å². The Labute approximate surface area is 431 Å². The molecule has 7 aromatic rings. The van der Waals surface area contributed by atoms with E-state index in [9.17, 15) is 0 Å². The number of benzene rings is 4. The Morgan fingerprint density at radius 2 is 0.800 bits per heavy atom. The fraction of sp³-hybridized carbons (Fsp3) is 0.238. The van der Waals surface area contributed by atoms with E-state index in [4.69, 9.17) is 9.97 Å². The summed E-state index contributed by atoms with van der Waals surface area (Å²) in [6.07, 6.45) is 8.69. The monoisotopic (exact) mass is 1060 g/mol. The third-order valence-corrected chi connectivity index (χ3v) is 21.9. The first-order chi connectivity index (χ1) is 33.4. The molecule has 0 amide bonds. The zero-order valence-corrected chi connectivity index (χ0v) is 46.9. The van der Waals surface area contributed by atoms with E-state index in [1.807, 2.05) is 0 Å². The number of fused-ring (bicyclic) bond motifs is 8. The van der Waals surface area contributed by atoms with E-state index in [0.717, 1.165) is 100 Å². The Hall–Kier alpha value is -6.24. The van der Waals surface area contributed by atoms with E-state index < -0.39 is 16.1 Å². The van der Waals surface area contributed by atoms with Crippen LogP contribution in [0.2, 0.25) is 36.3 Å². The number of aromatic amines is 2. The van der Waals surface area contributed by atoms with Gasteiger partial charge in [-0.15, -0.1) is 11.1 Å². The van der Waals surface area contributed by atoms with Crippen molar-refractivity contribution in [2.24, 2.45) is 0 Å². The number of rotatable bonds is 7. The lowest BCUT2D eigenvalue weighted by Crippen LogP contribution is -2.43. The van der Waals surface area contributed by atoms with Gasteiger partial charge in [0.2, 0.25) is 0 Å². The van der Waals surface area contributed by atoms with Gasteiger partial charge in [-0.3, -0.25) is 0 Å². The Kier molecular flexibility index (Phi) is 13.6. The highest BCUT2D eigenvalue weighted by molar-refractivity contribution is 14.1. The van der Waals surface area contributed by atoms with Gasteiger partial charge < -0.3 is 9.97 Å². The molecule has 0 spiro atoms. The minimum Gasteiger partial charge on any atom is -0.354 e. The summed E-state index contributed by atoms with van der Waals surface area (Å²) >= 11 is 2.38. The fourth-order valence-corrected chi connectivity index (χ4v) is 17.0. The number of aryl methyl sites for hydroxylation is 3. The van der Waals surface area contributed by atoms with E-state index in [1.54, 1.807) is 0 Å². The number of aromatic nitrogens is 4. The SMILES string of the molecule is Cc1cc(C)c(-c2c3nc(c(-c4ccc(I)cc4)c4ccc([nH]4)c(-c4ccc(C#C[Si](C(C)C)(C(C)C)C(C)C)cc4)c4ccc([nH]4)c(-c4ccc(C#C[Si](C)(C)C)cc4)c4nc2C=C4)C=C3)c(C)c1. The molecule has 0 radical (unpaired) electrons. The van der Waals surface area contributed by atoms with Crippen molar-refractivity contribution in [1.82, 2.24) is 19.9 Å². The summed E-state index contributed by atoms with van der Waals surface area (Å²) < 4.78 is 1.18. The van der Waals surface area contributed by atoms with E-state index in [0.29, 0.717) is 16.6 Å². The molecule has 0 unspecified atom stereocenters. The van der Waals surface area contributed by atoms with Crippen molar-refractivity contribution < 1.29 is 0 Å². The number of hydrogen-bond donors (Lipinski definition) is 2. The first-order valence-electron chi connectivity index (χ1n) is 24.7. The maximum Gasteiger partial charge on any atom is 0.146 e. The topological polar surface area (TPSA) is 57.4 Å². The van der Waals surface area contributed by atoms with Gasteiger partial charge in [0.1, 0.15) is 16.1 Å². The summed E-state index contributed by atoms with van der Waals surface area (Å²) in [5, 5.41) is 0. The quantitative estimate of drug-likeness (QED) is 0.0949. The molecule has 0 saturated heterocycles. The van der Waals surface area contributed by atoms with Gasteiger partial charge in [0, 0.05) is 59.0 Å². The molecular formula is C63H63IN4Si2. The molecule has 4 aromatic carbocycles. The van der Waals surface area contributed by atoms with Crippen LogP contribution in [0.3, 0.4) is 0 Å². The molecular weight excluding hydrogens is 996 g/mol. The van der Waals surface area contributed by atoms with Gasteiger partial charge in [-0.05, 0) is 178 Å². The first kappa shape index (κ1) is 48.8. The molecule has 7 heteroatoms. The molecule has 0 fully saturated rings. The zero-order valence-electron chi connectivity index (χ0n) is 42.7. The Morgan fingerprint density at radius 3 is 1.20 bits per heavy atom. The highest BCUT2D eigenvalue weighted by Gasteiger charge is 2.41. The minimum atomic E-state index is -1.91. The Morgan fingerprint density at radius 1 is 0.443 bits per heavy atom. The highest BCUT2D eigenvalue weighted by atomic mass is 127. The van der Waals surface area contributed by atoms with E-state index >= 15 is 0 Å².